The molecule has 3 aromatic carbocycles. The third-order valence-electron chi connectivity index (χ3n) is 6.27. The molecular formula is C27H24N4O5. The number of furan rings is 1. The predicted octanol–water partition coefficient (Wildman–Crippen LogP) is 4.48. The van der Waals surface area contributed by atoms with Gasteiger partial charge in [-0.25, -0.2) is 0 Å². The smallest absolute Gasteiger partial charge is 0.292 e. The number of amides is 2. The van der Waals surface area contributed by atoms with Gasteiger partial charge in [0.25, 0.3) is 11.6 Å². The second kappa shape index (κ2) is 9.91. The van der Waals surface area contributed by atoms with Gasteiger partial charge in [0.1, 0.15) is 11.3 Å². The molecule has 1 fully saturated rings. The van der Waals surface area contributed by atoms with E-state index in [1.165, 1.54) is 6.07 Å². The lowest BCUT2D eigenvalue weighted by Crippen LogP contribution is -2.49. The van der Waals surface area contributed by atoms with Crippen molar-refractivity contribution in [2.75, 3.05) is 36.4 Å². The van der Waals surface area contributed by atoms with Gasteiger partial charge in [-0.15, -0.1) is 0 Å². The largest absolute Gasteiger partial charge is 0.451 e. The fourth-order valence-electron chi connectivity index (χ4n) is 4.36. The first kappa shape index (κ1) is 23.1. The van der Waals surface area contributed by atoms with E-state index in [-0.39, 0.29) is 34.6 Å². The Kier molecular flexibility index (Phi) is 6.36. The number of nitro benzene ring substituents is 1. The molecule has 1 N–H and O–H groups in total. The van der Waals surface area contributed by atoms with Crippen LogP contribution in [0, 0.1) is 10.1 Å². The van der Waals surface area contributed by atoms with Gasteiger partial charge < -0.3 is 19.5 Å². The summed E-state index contributed by atoms with van der Waals surface area (Å²) in [5.41, 5.74) is 2.75. The summed E-state index contributed by atoms with van der Waals surface area (Å²) in [4.78, 5) is 40.0. The molecule has 0 bridgehead atoms. The molecule has 0 saturated carbocycles. The number of anilines is 2. The highest BCUT2D eigenvalue weighted by atomic mass is 16.6. The number of fused-ring (bicyclic) bond motifs is 1. The van der Waals surface area contributed by atoms with Crippen LogP contribution in [0.1, 0.15) is 16.1 Å². The highest BCUT2D eigenvalue weighted by molar-refractivity contribution is 6.04. The molecule has 5 rings (SSSR count). The maximum absolute atomic E-state index is 12.8. The Morgan fingerprint density at radius 2 is 1.61 bits per heavy atom. The number of benzene rings is 3. The lowest BCUT2D eigenvalue weighted by molar-refractivity contribution is -0.384. The molecule has 2 amide bonds. The summed E-state index contributed by atoms with van der Waals surface area (Å²) in [6, 6.07) is 22.9. The van der Waals surface area contributed by atoms with Crippen molar-refractivity contribution in [3.8, 4) is 0 Å². The van der Waals surface area contributed by atoms with Crippen molar-refractivity contribution in [2.45, 2.75) is 6.42 Å². The van der Waals surface area contributed by atoms with E-state index >= 15 is 0 Å². The number of rotatable bonds is 6. The van der Waals surface area contributed by atoms with Crippen molar-refractivity contribution in [1.29, 1.82) is 0 Å². The van der Waals surface area contributed by atoms with Crippen molar-refractivity contribution in [3.05, 3.63) is 100 Å². The highest BCUT2D eigenvalue weighted by Gasteiger charge is 2.25. The van der Waals surface area contributed by atoms with Crippen LogP contribution in [0.2, 0.25) is 0 Å². The third kappa shape index (κ3) is 4.90. The molecule has 1 saturated heterocycles. The molecule has 4 aromatic rings. The van der Waals surface area contributed by atoms with Gasteiger partial charge in [-0.05, 0) is 35.9 Å². The summed E-state index contributed by atoms with van der Waals surface area (Å²) in [5, 5.41) is 15.0. The first-order valence-electron chi connectivity index (χ1n) is 11.6. The second-order valence-electron chi connectivity index (χ2n) is 8.59. The summed E-state index contributed by atoms with van der Waals surface area (Å²) < 4.78 is 5.60. The zero-order valence-electron chi connectivity index (χ0n) is 19.4. The van der Waals surface area contributed by atoms with Gasteiger partial charge in [-0.3, -0.25) is 19.7 Å². The maximum atomic E-state index is 12.8. The molecule has 1 aliphatic rings. The predicted molar refractivity (Wildman–Crippen MR) is 136 cm³/mol. The van der Waals surface area contributed by atoms with Gasteiger partial charge in [0, 0.05) is 43.3 Å². The number of nitro groups is 1. The molecule has 1 aliphatic heterocycles. The van der Waals surface area contributed by atoms with Crippen LogP contribution in [0.15, 0.2) is 83.3 Å². The molecule has 9 heteroatoms. The van der Waals surface area contributed by atoms with Crippen molar-refractivity contribution in [2.24, 2.45) is 0 Å². The second-order valence-corrected chi connectivity index (χ2v) is 8.59. The molecule has 36 heavy (non-hydrogen) atoms. The van der Waals surface area contributed by atoms with Crippen LogP contribution < -0.4 is 10.2 Å². The molecule has 182 valence electrons. The minimum Gasteiger partial charge on any atom is -0.451 e. The number of hydrogen-bond acceptors (Lipinski definition) is 6. The van der Waals surface area contributed by atoms with Gasteiger partial charge >= 0.3 is 0 Å². The lowest BCUT2D eigenvalue weighted by atomic mass is 10.1. The molecule has 0 radical (unpaired) electrons. The lowest BCUT2D eigenvalue weighted by Gasteiger charge is -2.35. The fraction of sp³-hybridized carbons (Fsp3) is 0.185. The number of carbonyl (C=O) groups excluding carboxylic acids is 2. The molecule has 2 heterocycles. The summed E-state index contributed by atoms with van der Waals surface area (Å²) in [6.07, 6.45) is 0.239. The standard InChI is InChI=1S/C27H24N4O5/c32-26(30-15-13-29(14-16-30)22-6-2-3-7-23(22)31(34)35)17-19-9-11-21(12-10-19)28-27(33)25-18-20-5-1-4-8-24(20)36-25/h1-12,18H,13-17H2,(H,28,33). The Labute approximate surface area is 207 Å². The fourth-order valence-corrected chi connectivity index (χ4v) is 4.36. The average Bonchev–Trinajstić information content (AvgIpc) is 3.34. The van der Waals surface area contributed by atoms with Crippen molar-refractivity contribution in [3.63, 3.8) is 0 Å². The average molecular weight is 485 g/mol. The quantitative estimate of drug-likeness (QED) is 0.319. The third-order valence-corrected chi connectivity index (χ3v) is 6.27. The van der Waals surface area contributed by atoms with E-state index in [1.54, 1.807) is 41.3 Å². The van der Waals surface area contributed by atoms with Gasteiger partial charge in [-0.1, -0.05) is 42.5 Å². The first-order chi connectivity index (χ1) is 17.5. The highest BCUT2D eigenvalue weighted by Crippen LogP contribution is 2.28. The van der Waals surface area contributed by atoms with E-state index in [0.717, 1.165) is 10.9 Å². The monoisotopic (exact) mass is 484 g/mol. The van der Waals surface area contributed by atoms with E-state index < -0.39 is 0 Å². The summed E-state index contributed by atoms with van der Waals surface area (Å²) in [5.74, 6) is -0.113. The number of hydrogen-bond donors (Lipinski definition) is 1. The SMILES string of the molecule is O=C(Nc1ccc(CC(=O)N2CCN(c3ccccc3[N+](=O)[O-])CC2)cc1)c1cc2ccccc2o1. The van der Waals surface area contributed by atoms with E-state index in [1.807, 2.05) is 41.3 Å². The molecular weight excluding hydrogens is 460 g/mol. The van der Waals surface area contributed by atoms with Gasteiger partial charge in [0.15, 0.2) is 5.76 Å². The maximum Gasteiger partial charge on any atom is 0.292 e. The number of nitrogens with zero attached hydrogens (tertiary/aromatic N) is 3. The number of para-hydroxylation sites is 3. The number of nitrogens with one attached hydrogen (secondary N) is 1. The Balaban J connectivity index is 1.15. The van der Waals surface area contributed by atoms with Gasteiger partial charge in [-0.2, -0.15) is 0 Å². The molecule has 0 aliphatic carbocycles. The first-order valence-corrected chi connectivity index (χ1v) is 11.6. The Hall–Kier alpha value is -4.66. The van der Waals surface area contributed by atoms with Gasteiger partial charge in [0.05, 0.1) is 11.3 Å². The Bertz CT molecular complexity index is 1390. The molecule has 9 nitrogen and oxygen atoms in total. The normalized spacial score (nSPS) is 13.6. The van der Waals surface area contributed by atoms with Crippen LogP contribution in [0.3, 0.4) is 0 Å². The Morgan fingerprint density at radius 3 is 2.33 bits per heavy atom. The van der Waals surface area contributed by atoms with E-state index in [4.69, 9.17) is 4.42 Å². The zero-order valence-corrected chi connectivity index (χ0v) is 19.4. The summed E-state index contributed by atoms with van der Waals surface area (Å²) >= 11 is 0. The van der Waals surface area contributed by atoms with Crippen molar-refractivity contribution < 1.29 is 18.9 Å². The van der Waals surface area contributed by atoms with Crippen LogP contribution in [-0.2, 0) is 11.2 Å². The Morgan fingerprint density at radius 1 is 0.917 bits per heavy atom. The van der Waals surface area contributed by atoms with E-state index in [0.29, 0.717) is 43.1 Å². The van der Waals surface area contributed by atoms with Crippen LogP contribution in [0.5, 0.6) is 0 Å². The van der Waals surface area contributed by atoms with Crippen LogP contribution in [-0.4, -0.2) is 47.8 Å². The molecule has 1 aromatic heterocycles. The van der Waals surface area contributed by atoms with E-state index in [9.17, 15) is 19.7 Å². The van der Waals surface area contributed by atoms with Crippen molar-refractivity contribution >= 4 is 39.8 Å². The van der Waals surface area contributed by atoms with Gasteiger partial charge in [0.2, 0.25) is 5.91 Å². The number of piperazine rings is 1. The molecule has 0 spiro atoms. The molecule has 0 unspecified atom stereocenters. The molecule has 0 atom stereocenters. The number of carbonyl (C=O) groups is 2. The zero-order chi connectivity index (χ0) is 25.1. The minimum absolute atomic E-state index is 0.00345. The van der Waals surface area contributed by atoms with Crippen LogP contribution in [0.4, 0.5) is 17.1 Å². The topological polar surface area (TPSA) is 109 Å². The van der Waals surface area contributed by atoms with E-state index in [2.05, 4.69) is 5.32 Å². The summed E-state index contributed by atoms with van der Waals surface area (Å²) in [7, 11) is 0. The minimum atomic E-state index is -0.379. The van der Waals surface area contributed by atoms with Crippen LogP contribution in [0.25, 0.3) is 11.0 Å². The van der Waals surface area contributed by atoms with Crippen LogP contribution >= 0.6 is 0 Å². The summed E-state index contributed by atoms with van der Waals surface area (Å²) in [6.45, 7) is 2.06. The van der Waals surface area contributed by atoms with Crippen molar-refractivity contribution in [1.82, 2.24) is 4.90 Å².